The van der Waals surface area contributed by atoms with Gasteiger partial charge in [0.05, 0.1) is 30.3 Å². The maximum absolute atomic E-state index is 12.8. The summed E-state index contributed by atoms with van der Waals surface area (Å²) in [6.07, 6.45) is 3.20. The molecule has 5 fully saturated rings. The zero-order valence-electron chi connectivity index (χ0n) is 22.8. The lowest BCUT2D eigenvalue weighted by Gasteiger charge is -2.73. The summed E-state index contributed by atoms with van der Waals surface area (Å²) in [7, 11) is 0. The second kappa shape index (κ2) is 8.03. The topological polar surface area (TPSA) is 118 Å². The number of aliphatic hydroxyl groups excluding tert-OH is 4. The van der Waals surface area contributed by atoms with Gasteiger partial charge in [-0.3, -0.25) is 4.79 Å². The third-order valence-corrected chi connectivity index (χ3v) is 13.5. The van der Waals surface area contributed by atoms with Crippen molar-refractivity contribution in [3.63, 3.8) is 0 Å². The average Bonchev–Trinajstić information content (AvgIpc) is 3.19. The standard InChI is InChI=1S/C30H48O6/c1-16(2)17-9-10-30(25(35)36)12-11-28(5)18(22(17)30)7-8-21-26(3)13-20(33)24(34)27(4,15-31)23(26)19(32)14-29(21,28)6/h17-24,31-34H,1,7-15H2,2-6H3,(H,35,36)/t17-,18+,19+,20+,21+,22+,23+,24-,26+,27+,28+,29+,30-/m0/s1. The van der Waals surface area contributed by atoms with Crippen LogP contribution in [0, 0.1) is 56.7 Å². The molecule has 0 aromatic heterocycles. The second-order valence-corrected chi connectivity index (χ2v) is 14.7. The highest BCUT2D eigenvalue weighted by Gasteiger charge is 2.74. The van der Waals surface area contributed by atoms with Crippen molar-refractivity contribution < 1.29 is 30.3 Å². The first-order valence-electron chi connectivity index (χ1n) is 14.2. The molecule has 5 aliphatic rings. The molecule has 0 aromatic carbocycles. The van der Waals surface area contributed by atoms with E-state index in [4.69, 9.17) is 0 Å². The SMILES string of the molecule is C=C(C)[C@@H]1CC[C@]2(C(=O)O)CC[C@]3(C)[C@H](CC[C@@H]4[C@@]5(C)C[C@@H](O)[C@H](O)[C@](C)(CO)[C@@H]5[C@H](O)C[C@]43C)[C@@H]12. The number of carboxylic acids is 1. The van der Waals surface area contributed by atoms with Gasteiger partial charge in [-0.05, 0) is 98.2 Å². The monoisotopic (exact) mass is 504 g/mol. The molecule has 6 nitrogen and oxygen atoms in total. The molecule has 6 heteroatoms. The van der Waals surface area contributed by atoms with Gasteiger partial charge in [-0.15, -0.1) is 0 Å². The summed E-state index contributed by atoms with van der Waals surface area (Å²) in [5.74, 6) is -0.245. The number of carbonyl (C=O) groups is 1. The van der Waals surface area contributed by atoms with Crippen LogP contribution >= 0.6 is 0 Å². The largest absolute Gasteiger partial charge is 0.481 e. The molecule has 5 rings (SSSR count). The Bertz CT molecular complexity index is 950. The van der Waals surface area contributed by atoms with E-state index in [9.17, 15) is 30.3 Å². The van der Waals surface area contributed by atoms with Crippen molar-refractivity contribution in [1.29, 1.82) is 0 Å². The van der Waals surface area contributed by atoms with Gasteiger partial charge in [-0.25, -0.2) is 0 Å². The van der Waals surface area contributed by atoms with E-state index in [0.717, 1.165) is 37.7 Å². The molecule has 0 bridgehead atoms. The number of aliphatic hydroxyl groups is 4. The molecule has 0 heterocycles. The van der Waals surface area contributed by atoms with Crippen molar-refractivity contribution in [2.24, 2.45) is 56.7 Å². The predicted molar refractivity (Wildman–Crippen MR) is 137 cm³/mol. The summed E-state index contributed by atoms with van der Waals surface area (Å²) < 4.78 is 0. The van der Waals surface area contributed by atoms with E-state index in [-0.39, 0.29) is 47.0 Å². The molecule has 5 aliphatic carbocycles. The number of fused-ring (bicyclic) bond motifs is 7. The fraction of sp³-hybridized carbons (Fsp3) is 0.900. The van der Waals surface area contributed by atoms with Crippen LogP contribution in [0.3, 0.4) is 0 Å². The molecule has 0 aliphatic heterocycles. The number of aliphatic carboxylic acids is 1. The van der Waals surface area contributed by atoms with Crippen molar-refractivity contribution in [2.75, 3.05) is 6.61 Å². The summed E-state index contributed by atoms with van der Waals surface area (Å²) >= 11 is 0. The number of rotatable bonds is 3. The first kappa shape index (κ1) is 26.6. The van der Waals surface area contributed by atoms with Gasteiger partial charge in [-0.2, -0.15) is 0 Å². The summed E-state index contributed by atoms with van der Waals surface area (Å²) in [5, 5.41) is 54.7. The van der Waals surface area contributed by atoms with Crippen LogP contribution in [-0.4, -0.2) is 56.4 Å². The quantitative estimate of drug-likeness (QED) is 0.371. The van der Waals surface area contributed by atoms with Gasteiger partial charge >= 0.3 is 5.97 Å². The van der Waals surface area contributed by atoms with Crippen LogP contribution in [0.15, 0.2) is 12.2 Å². The lowest BCUT2D eigenvalue weighted by atomic mass is 9.31. The Kier molecular flexibility index (Phi) is 5.95. The van der Waals surface area contributed by atoms with Gasteiger partial charge < -0.3 is 25.5 Å². The van der Waals surface area contributed by atoms with E-state index in [1.807, 2.05) is 6.92 Å². The highest BCUT2D eigenvalue weighted by atomic mass is 16.4. The molecule has 36 heavy (non-hydrogen) atoms. The van der Waals surface area contributed by atoms with E-state index < -0.39 is 40.5 Å². The van der Waals surface area contributed by atoms with Crippen molar-refractivity contribution in [2.45, 2.75) is 104 Å². The third kappa shape index (κ3) is 2.96. The molecule has 0 radical (unpaired) electrons. The van der Waals surface area contributed by atoms with Crippen LogP contribution < -0.4 is 0 Å². The Morgan fingerprint density at radius 1 is 0.917 bits per heavy atom. The molecule has 5 saturated carbocycles. The van der Waals surface area contributed by atoms with Gasteiger partial charge in [0.15, 0.2) is 0 Å². The van der Waals surface area contributed by atoms with E-state index in [1.165, 1.54) is 0 Å². The Balaban J connectivity index is 1.61. The van der Waals surface area contributed by atoms with Gasteiger partial charge in [0.2, 0.25) is 0 Å². The molecule has 5 N–H and O–H groups in total. The van der Waals surface area contributed by atoms with E-state index in [0.29, 0.717) is 19.3 Å². The zero-order valence-corrected chi connectivity index (χ0v) is 22.8. The molecule has 204 valence electrons. The predicted octanol–water partition coefficient (Wildman–Crippen LogP) is 4.00. The molecule has 0 unspecified atom stereocenters. The van der Waals surface area contributed by atoms with E-state index in [2.05, 4.69) is 34.3 Å². The zero-order chi connectivity index (χ0) is 26.6. The van der Waals surface area contributed by atoms with Crippen LogP contribution in [0.1, 0.15) is 86.0 Å². The Labute approximate surface area is 216 Å². The van der Waals surface area contributed by atoms with Crippen LogP contribution in [-0.2, 0) is 4.79 Å². The highest BCUT2D eigenvalue weighted by molar-refractivity contribution is 5.76. The van der Waals surface area contributed by atoms with Crippen molar-refractivity contribution >= 4 is 5.97 Å². The third-order valence-electron chi connectivity index (χ3n) is 13.5. The number of hydrogen-bond acceptors (Lipinski definition) is 5. The maximum Gasteiger partial charge on any atom is 0.309 e. The van der Waals surface area contributed by atoms with Gasteiger partial charge in [-0.1, -0.05) is 39.8 Å². The van der Waals surface area contributed by atoms with Crippen molar-refractivity contribution in [3.8, 4) is 0 Å². The van der Waals surface area contributed by atoms with Crippen LogP contribution in [0.2, 0.25) is 0 Å². The highest BCUT2D eigenvalue weighted by Crippen LogP contribution is 2.77. The van der Waals surface area contributed by atoms with Gasteiger partial charge in [0.25, 0.3) is 0 Å². The normalized spacial score (nSPS) is 58.2. The fourth-order valence-corrected chi connectivity index (χ4v) is 11.8. The number of hydrogen-bond donors (Lipinski definition) is 5. The first-order chi connectivity index (χ1) is 16.6. The van der Waals surface area contributed by atoms with Gasteiger partial charge in [0.1, 0.15) is 0 Å². The minimum absolute atomic E-state index is 0.0631. The lowest BCUT2D eigenvalue weighted by Crippen LogP contribution is -2.72. The Morgan fingerprint density at radius 3 is 2.17 bits per heavy atom. The lowest BCUT2D eigenvalue weighted by molar-refractivity contribution is -0.296. The Morgan fingerprint density at radius 2 is 1.58 bits per heavy atom. The molecule has 0 aromatic rings. The molecule has 0 spiro atoms. The van der Waals surface area contributed by atoms with Crippen LogP contribution in [0.4, 0.5) is 0 Å². The minimum Gasteiger partial charge on any atom is -0.481 e. The maximum atomic E-state index is 12.8. The number of carboxylic acid groups (broad SMARTS) is 1. The van der Waals surface area contributed by atoms with Gasteiger partial charge in [0, 0.05) is 11.3 Å². The second-order valence-electron chi connectivity index (χ2n) is 14.7. The smallest absolute Gasteiger partial charge is 0.309 e. The summed E-state index contributed by atoms with van der Waals surface area (Å²) in [4.78, 5) is 12.8. The molecule has 13 atom stereocenters. The van der Waals surface area contributed by atoms with Crippen LogP contribution in [0.25, 0.3) is 0 Å². The van der Waals surface area contributed by atoms with E-state index >= 15 is 0 Å². The molecule has 0 amide bonds. The van der Waals surface area contributed by atoms with Crippen LogP contribution in [0.5, 0.6) is 0 Å². The number of allylic oxidation sites excluding steroid dienone is 1. The minimum atomic E-state index is -1.08. The summed E-state index contributed by atoms with van der Waals surface area (Å²) in [6.45, 7) is 14.7. The Hall–Kier alpha value is -0.950. The fourth-order valence-electron chi connectivity index (χ4n) is 11.8. The summed E-state index contributed by atoms with van der Waals surface area (Å²) in [5.41, 5.74) is -1.40. The van der Waals surface area contributed by atoms with E-state index in [1.54, 1.807) is 0 Å². The molecular weight excluding hydrogens is 456 g/mol. The van der Waals surface area contributed by atoms with Crippen molar-refractivity contribution in [1.82, 2.24) is 0 Å². The summed E-state index contributed by atoms with van der Waals surface area (Å²) in [6, 6.07) is 0. The molecular formula is C30H48O6. The molecule has 0 saturated heterocycles. The average molecular weight is 505 g/mol. The van der Waals surface area contributed by atoms with Crippen molar-refractivity contribution in [3.05, 3.63) is 12.2 Å². The first-order valence-corrected chi connectivity index (χ1v) is 14.2.